The second kappa shape index (κ2) is 6.95. The Morgan fingerprint density at radius 2 is 2.09 bits per heavy atom. The number of nitrogens with zero attached hydrogens (tertiary/aromatic N) is 2. The zero-order chi connectivity index (χ0) is 16.4. The van der Waals surface area contributed by atoms with Crippen molar-refractivity contribution in [1.29, 1.82) is 0 Å². The molecule has 1 saturated heterocycles. The quantitative estimate of drug-likeness (QED) is 0.932. The number of piperazine rings is 1. The molecule has 0 radical (unpaired) electrons. The normalized spacial score (nSPS) is 18.2. The highest BCUT2D eigenvalue weighted by atomic mass is 32.1. The number of likely N-dealkylation sites (N-methyl/N-ethyl adjacent to an activating group) is 1. The van der Waals surface area contributed by atoms with Crippen molar-refractivity contribution in [3.8, 4) is 0 Å². The van der Waals surface area contributed by atoms with Gasteiger partial charge in [0.2, 0.25) is 0 Å². The summed E-state index contributed by atoms with van der Waals surface area (Å²) in [4.78, 5) is 17.6. The maximum atomic E-state index is 13.7. The van der Waals surface area contributed by atoms with Gasteiger partial charge in [0.1, 0.15) is 5.82 Å². The average molecular weight is 335 g/mol. The van der Waals surface area contributed by atoms with E-state index in [9.17, 15) is 9.18 Å². The highest BCUT2D eigenvalue weighted by Crippen LogP contribution is 2.27. The summed E-state index contributed by atoms with van der Waals surface area (Å²) in [6.07, 6.45) is 0. The summed E-state index contributed by atoms with van der Waals surface area (Å²) in [6.45, 7) is 6.93. The molecule has 0 saturated carbocycles. The lowest BCUT2D eigenvalue weighted by Gasteiger charge is -2.36. The number of carbonyl (C=O) groups excluding carboxylic acids is 1. The molecule has 1 atom stereocenters. The summed E-state index contributed by atoms with van der Waals surface area (Å²) in [6, 6.07) is 6.88. The minimum Gasteiger partial charge on any atom is -0.350 e. The summed E-state index contributed by atoms with van der Waals surface area (Å²) in [5.41, 5.74) is 0. The number of carbonyl (C=O) groups is 1. The van der Waals surface area contributed by atoms with Crippen LogP contribution in [0.15, 0.2) is 24.3 Å². The zero-order valence-corrected chi connectivity index (χ0v) is 14.3. The molecule has 3 rings (SSSR count). The van der Waals surface area contributed by atoms with Gasteiger partial charge in [-0.1, -0.05) is 6.07 Å². The van der Waals surface area contributed by atoms with Crippen LogP contribution in [0.1, 0.15) is 16.6 Å². The van der Waals surface area contributed by atoms with Gasteiger partial charge in [-0.25, -0.2) is 4.39 Å². The van der Waals surface area contributed by atoms with E-state index in [-0.39, 0.29) is 11.7 Å². The molecule has 1 fully saturated rings. The molecule has 0 aliphatic carbocycles. The third kappa shape index (κ3) is 3.71. The number of fused-ring (bicyclic) bond motifs is 1. The summed E-state index contributed by atoms with van der Waals surface area (Å²) < 4.78 is 14.5. The molecule has 124 valence electrons. The van der Waals surface area contributed by atoms with Crippen molar-refractivity contribution in [2.24, 2.45) is 0 Å². The van der Waals surface area contributed by atoms with Gasteiger partial charge in [0, 0.05) is 48.9 Å². The first-order valence-corrected chi connectivity index (χ1v) is 8.75. The van der Waals surface area contributed by atoms with Gasteiger partial charge in [0.25, 0.3) is 5.91 Å². The van der Waals surface area contributed by atoms with Crippen LogP contribution in [0.3, 0.4) is 0 Å². The molecule has 1 N–H and O–H groups in total. The van der Waals surface area contributed by atoms with Crippen LogP contribution < -0.4 is 5.32 Å². The lowest BCUT2D eigenvalue weighted by Crippen LogP contribution is -2.51. The average Bonchev–Trinajstić information content (AvgIpc) is 2.99. The number of halogens is 1. The van der Waals surface area contributed by atoms with Crippen molar-refractivity contribution < 1.29 is 9.18 Å². The fraction of sp³-hybridized carbons (Fsp3) is 0.471. The van der Waals surface area contributed by atoms with Crippen LogP contribution in [-0.2, 0) is 0 Å². The first kappa shape index (κ1) is 16.4. The van der Waals surface area contributed by atoms with E-state index >= 15 is 0 Å². The Labute approximate surface area is 139 Å². The van der Waals surface area contributed by atoms with Crippen LogP contribution in [0, 0.1) is 5.82 Å². The van der Waals surface area contributed by atoms with Crippen molar-refractivity contribution in [1.82, 2.24) is 15.1 Å². The number of amides is 1. The predicted octanol–water partition coefficient (Wildman–Crippen LogP) is 2.41. The van der Waals surface area contributed by atoms with Gasteiger partial charge in [-0.05, 0) is 32.2 Å². The molecule has 2 heterocycles. The van der Waals surface area contributed by atoms with Crippen molar-refractivity contribution in [2.75, 3.05) is 39.8 Å². The van der Waals surface area contributed by atoms with E-state index in [4.69, 9.17) is 0 Å². The Bertz CT molecular complexity index is 694. The molecule has 1 aliphatic rings. The number of benzene rings is 1. The monoisotopic (exact) mass is 335 g/mol. The van der Waals surface area contributed by atoms with E-state index < -0.39 is 0 Å². The minimum absolute atomic E-state index is 0.119. The van der Waals surface area contributed by atoms with Gasteiger partial charge < -0.3 is 10.2 Å². The maximum absolute atomic E-state index is 13.7. The molecule has 6 heteroatoms. The molecule has 1 aromatic heterocycles. The van der Waals surface area contributed by atoms with Crippen molar-refractivity contribution in [3.63, 3.8) is 0 Å². The maximum Gasteiger partial charge on any atom is 0.261 e. The highest BCUT2D eigenvalue weighted by molar-refractivity contribution is 7.20. The topological polar surface area (TPSA) is 35.6 Å². The van der Waals surface area contributed by atoms with Gasteiger partial charge in [-0.2, -0.15) is 0 Å². The van der Waals surface area contributed by atoms with Crippen molar-refractivity contribution in [3.05, 3.63) is 35.0 Å². The summed E-state index contributed by atoms with van der Waals surface area (Å²) in [7, 11) is 2.13. The molecule has 1 aromatic carbocycles. The molecule has 0 spiro atoms. The summed E-state index contributed by atoms with van der Waals surface area (Å²) in [5, 5.41) is 3.50. The largest absolute Gasteiger partial charge is 0.350 e. The number of hydrogen-bond acceptors (Lipinski definition) is 4. The van der Waals surface area contributed by atoms with E-state index in [0.29, 0.717) is 22.8 Å². The summed E-state index contributed by atoms with van der Waals surface area (Å²) >= 11 is 1.33. The summed E-state index contributed by atoms with van der Waals surface area (Å²) in [5.74, 6) is -0.393. The van der Waals surface area contributed by atoms with E-state index in [1.54, 1.807) is 12.1 Å². The van der Waals surface area contributed by atoms with Crippen LogP contribution in [0.4, 0.5) is 4.39 Å². The third-order valence-corrected chi connectivity index (χ3v) is 5.55. The Balaban J connectivity index is 1.59. The molecular weight excluding hydrogens is 313 g/mol. The lowest BCUT2D eigenvalue weighted by molar-refractivity contribution is 0.0907. The smallest absolute Gasteiger partial charge is 0.261 e. The lowest BCUT2D eigenvalue weighted by atomic mass is 10.2. The molecule has 1 amide bonds. The van der Waals surface area contributed by atoms with E-state index in [0.717, 1.165) is 30.9 Å². The first-order chi connectivity index (χ1) is 11.0. The Morgan fingerprint density at radius 3 is 2.78 bits per heavy atom. The fourth-order valence-corrected chi connectivity index (χ4v) is 3.85. The van der Waals surface area contributed by atoms with Gasteiger partial charge >= 0.3 is 0 Å². The SMILES string of the molecule is C[C@@H](CNC(=O)c1cc2c(F)cccc2s1)N1CCN(C)CC1. The number of rotatable bonds is 4. The molecule has 4 nitrogen and oxygen atoms in total. The molecular formula is C17H22FN3OS. The van der Waals surface area contributed by atoms with Gasteiger partial charge in [0.05, 0.1) is 4.88 Å². The fourth-order valence-electron chi connectivity index (χ4n) is 2.86. The zero-order valence-electron chi connectivity index (χ0n) is 13.5. The molecule has 1 aliphatic heterocycles. The number of thiophene rings is 1. The highest BCUT2D eigenvalue weighted by Gasteiger charge is 2.20. The van der Waals surface area contributed by atoms with E-state index in [2.05, 4.69) is 29.1 Å². The van der Waals surface area contributed by atoms with Crippen LogP contribution >= 0.6 is 11.3 Å². The van der Waals surface area contributed by atoms with Gasteiger partial charge in [-0.15, -0.1) is 11.3 Å². The second-order valence-corrected chi connectivity index (χ2v) is 7.24. The predicted molar refractivity (Wildman–Crippen MR) is 92.6 cm³/mol. The molecule has 23 heavy (non-hydrogen) atoms. The molecule has 0 bridgehead atoms. The Hall–Kier alpha value is -1.50. The molecule has 0 unspecified atom stereocenters. The standard InChI is InChI=1S/C17H22FN3OS/c1-12(21-8-6-20(2)7-9-21)11-19-17(22)16-10-13-14(18)4-3-5-15(13)23-16/h3-5,10,12H,6-9,11H2,1-2H3,(H,19,22)/t12-/m0/s1. The third-order valence-electron chi connectivity index (χ3n) is 4.45. The van der Waals surface area contributed by atoms with E-state index in [1.807, 2.05) is 6.07 Å². The van der Waals surface area contributed by atoms with Gasteiger partial charge in [0.15, 0.2) is 0 Å². The van der Waals surface area contributed by atoms with Crippen molar-refractivity contribution >= 4 is 27.3 Å². The second-order valence-electron chi connectivity index (χ2n) is 6.16. The Kier molecular flexibility index (Phi) is 4.94. The van der Waals surface area contributed by atoms with Crippen molar-refractivity contribution in [2.45, 2.75) is 13.0 Å². The van der Waals surface area contributed by atoms with Crippen LogP contribution in [0.2, 0.25) is 0 Å². The van der Waals surface area contributed by atoms with Crippen LogP contribution in [0.25, 0.3) is 10.1 Å². The number of hydrogen-bond donors (Lipinski definition) is 1. The minimum atomic E-state index is -0.274. The van der Waals surface area contributed by atoms with Crippen LogP contribution in [-0.4, -0.2) is 61.5 Å². The molecule has 2 aromatic rings. The first-order valence-electron chi connectivity index (χ1n) is 7.93. The van der Waals surface area contributed by atoms with Crippen LogP contribution in [0.5, 0.6) is 0 Å². The van der Waals surface area contributed by atoms with Gasteiger partial charge in [-0.3, -0.25) is 9.69 Å². The van der Waals surface area contributed by atoms with E-state index in [1.165, 1.54) is 17.4 Å². The Morgan fingerprint density at radius 1 is 1.35 bits per heavy atom. The number of nitrogens with one attached hydrogen (secondary N) is 1.